The molecule has 0 radical (unpaired) electrons. The molecule has 8 nitrogen and oxygen atoms in total. The number of amides is 1. The molecule has 0 aliphatic carbocycles. The van der Waals surface area contributed by atoms with Gasteiger partial charge in [-0.2, -0.15) is 5.10 Å². The number of benzene rings is 2. The predicted octanol–water partition coefficient (Wildman–Crippen LogP) is 2.36. The van der Waals surface area contributed by atoms with E-state index >= 15 is 0 Å². The normalized spacial score (nSPS) is 11.8. The number of hydrazone groups is 1. The van der Waals surface area contributed by atoms with Crippen LogP contribution < -0.4 is 14.5 Å². The van der Waals surface area contributed by atoms with Crippen molar-refractivity contribution < 1.29 is 23.1 Å². The van der Waals surface area contributed by atoms with Crippen molar-refractivity contribution in [3.8, 4) is 11.5 Å². The van der Waals surface area contributed by atoms with Gasteiger partial charge < -0.3 is 9.84 Å². The third-order valence-corrected chi connectivity index (χ3v) is 5.19. The predicted molar refractivity (Wildman–Crippen MR) is 109 cm³/mol. The van der Waals surface area contributed by atoms with E-state index in [2.05, 4.69) is 10.5 Å². The fourth-order valence-electron chi connectivity index (χ4n) is 2.36. The lowest BCUT2D eigenvalue weighted by atomic mass is 10.1. The zero-order valence-corrected chi connectivity index (χ0v) is 17.1. The summed E-state index contributed by atoms with van der Waals surface area (Å²) in [6.07, 6.45) is 0.981. The summed E-state index contributed by atoms with van der Waals surface area (Å²) in [5.74, 6) is -0.262. The highest BCUT2D eigenvalue weighted by molar-refractivity contribution is 7.92. The van der Waals surface area contributed by atoms with Gasteiger partial charge in [0.05, 0.1) is 29.8 Å². The summed E-state index contributed by atoms with van der Waals surface area (Å²) in [5, 5.41) is 13.9. The maximum absolute atomic E-state index is 12.3. The van der Waals surface area contributed by atoms with Crippen LogP contribution in [0.1, 0.15) is 12.5 Å². The van der Waals surface area contributed by atoms with Crippen LogP contribution in [0.5, 0.6) is 11.5 Å². The molecule has 0 saturated carbocycles. The summed E-state index contributed by atoms with van der Waals surface area (Å²) in [4.78, 5) is 12.3. The van der Waals surface area contributed by atoms with Gasteiger partial charge in [-0.05, 0) is 37.3 Å². The van der Waals surface area contributed by atoms with Crippen LogP contribution in [0.25, 0.3) is 0 Å². The van der Waals surface area contributed by atoms with Gasteiger partial charge in [0, 0.05) is 5.56 Å². The van der Waals surface area contributed by atoms with Gasteiger partial charge in [-0.15, -0.1) is 0 Å². The molecule has 2 rings (SSSR count). The van der Waals surface area contributed by atoms with Crippen LogP contribution in [-0.2, 0) is 14.8 Å². The molecule has 0 bridgehead atoms. The van der Waals surface area contributed by atoms with E-state index in [1.54, 1.807) is 25.1 Å². The van der Waals surface area contributed by atoms with Crippen LogP contribution in [0.2, 0.25) is 5.02 Å². The molecule has 0 atom stereocenters. The summed E-state index contributed by atoms with van der Waals surface area (Å²) in [6.45, 7) is 1.10. The zero-order valence-electron chi connectivity index (χ0n) is 15.5. The van der Waals surface area contributed by atoms with Crippen molar-refractivity contribution >= 4 is 38.9 Å². The minimum Gasteiger partial charge on any atom is -0.507 e. The number of nitrogens with one attached hydrogen (secondary N) is 1. The lowest BCUT2D eigenvalue weighted by molar-refractivity contribution is -0.119. The van der Waals surface area contributed by atoms with Crippen molar-refractivity contribution in [3.05, 3.63) is 53.1 Å². The van der Waals surface area contributed by atoms with Crippen LogP contribution in [0.4, 0.5) is 5.69 Å². The first-order valence-corrected chi connectivity index (χ1v) is 10.3. The van der Waals surface area contributed by atoms with Gasteiger partial charge in [0.25, 0.3) is 5.91 Å². The van der Waals surface area contributed by atoms with E-state index < -0.39 is 22.5 Å². The number of para-hydroxylation sites is 1. The van der Waals surface area contributed by atoms with Crippen LogP contribution in [0.3, 0.4) is 0 Å². The number of nitrogens with zero attached hydrogens (tertiary/aromatic N) is 2. The Labute approximate surface area is 168 Å². The Morgan fingerprint density at radius 3 is 2.54 bits per heavy atom. The number of hydrogen-bond acceptors (Lipinski definition) is 6. The highest BCUT2D eigenvalue weighted by atomic mass is 35.5. The smallest absolute Gasteiger partial charge is 0.260 e. The largest absolute Gasteiger partial charge is 0.507 e. The van der Waals surface area contributed by atoms with Crippen LogP contribution in [0, 0.1) is 0 Å². The molecule has 0 spiro atoms. The van der Waals surface area contributed by atoms with Gasteiger partial charge in [0.15, 0.2) is 0 Å². The number of hydrogen-bond donors (Lipinski definition) is 2. The standard InChI is InChI=1S/C18H20ClN3O5S/c1-12(14-6-4-5-7-16(14)23)20-21-18(24)11-22(28(3,25)26)13-8-9-17(27-2)15(19)10-13/h4-10,23H,11H2,1-3H3,(H,21,24)/b20-12-. The second-order valence-corrected chi connectivity index (χ2v) is 8.15. The summed E-state index contributed by atoms with van der Waals surface area (Å²) < 4.78 is 30.2. The van der Waals surface area contributed by atoms with E-state index in [0.717, 1.165) is 10.6 Å². The van der Waals surface area contributed by atoms with Crippen molar-refractivity contribution in [2.45, 2.75) is 6.92 Å². The molecule has 0 heterocycles. The monoisotopic (exact) mass is 425 g/mol. The highest BCUT2D eigenvalue weighted by Gasteiger charge is 2.22. The average molecular weight is 426 g/mol. The fourth-order valence-corrected chi connectivity index (χ4v) is 3.46. The summed E-state index contributed by atoms with van der Waals surface area (Å²) in [6, 6.07) is 10.9. The summed E-state index contributed by atoms with van der Waals surface area (Å²) in [7, 11) is -2.32. The number of phenolic OH excluding ortho intramolecular Hbond substituents is 1. The molecule has 0 unspecified atom stereocenters. The van der Waals surface area contributed by atoms with Crippen molar-refractivity contribution in [1.29, 1.82) is 0 Å². The molecule has 0 aliphatic rings. The number of halogens is 1. The third kappa shape index (κ3) is 5.37. The lowest BCUT2D eigenvalue weighted by Crippen LogP contribution is -2.39. The topological polar surface area (TPSA) is 108 Å². The van der Waals surface area contributed by atoms with Gasteiger partial charge in [0.2, 0.25) is 10.0 Å². The Bertz CT molecular complexity index is 1010. The molecule has 0 aromatic heterocycles. The maximum Gasteiger partial charge on any atom is 0.260 e. The average Bonchev–Trinajstić information content (AvgIpc) is 2.63. The molecule has 10 heteroatoms. The van der Waals surface area contributed by atoms with E-state index in [4.69, 9.17) is 16.3 Å². The fraction of sp³-hybridized carbons (Fsp3) is 0.222. The van der Waals surface area contributed by atoms with Crippen molar-refractivity contribution in [3.63, 3.8) is 0 Å². The van der Waals surface area contributed by atoms with E-state index in [9.17, 15) is 18.3 Å². The number of rotatable bonds is 7. The van der Waals surface area contributed by atoms with Gasteiger partial charge >= 0.3 is 0 Å². The first kappa shape index (κ1) is 21.5. The number of sulfonamides is 1. The molecule has 1 amide bonds. The minimum atomic E-state index is -3.76. The van der Waals surface area contributed by atoms with Gasteiger partial charge in [-0.25, -0.2) is 13.8 Å². The Kier molecular flexibility index (Phi) is 6.87. The SMILES string of the molecule is COc1ccc(N(CC(=O)N/N=C(/C)c2ccccc2O)S(C)(=O)=O)cc1Cl. The number of methoxy groups -OCH3 is 1. The zero-order chi connectivity index (χ0) is 20.9. The molecule has 2 aromatic carbocycles. The molecular formula is C18H20ClN3O5S. The molecule has 28 heavy (non-hydrogen) atoms. The van der Waals surface area contributed by atoms with Gasteiger partial charge in [-0.3, -0.25) is 9.10 Å². The van der Waals surface area contributed by atoms with Crippen LogP contribution in [0.15, 0.2) is 47.6 Å². The first-order valence-electron chi connectivity index (χ1n) is 8.06. The molecule has 0 aliphatic heterocycles. The van der Waals surface area contributed by atoms with Crippen LogP contribution >= 0.6 is 11.6 Å². The quantitative estimate of drug-likeness (QED) is 0.523. The van der Waals surface area contributed by atoms with E-state index in [1.807, 2.05) is 0 Å². The minimum absolute atomic E-state index is 0.0173. The van der Waals surface area contributed by atoms with E-state index in [-0.39, 0.29) is 16.5 Å². The van der Waals surface area contributed by atoms with Gasteiger partial charge in [-0.1, -0.05) is 23.7 Å². The molecular weight excluding hydrogens is 406 g/mol. The molecule has 2 aromatic rings. The number of anilines is 1. The number of ether oxygens (including phenoxy) is 1. The molecule has 0 fully saturated rings. The number of carbonyl (C=O) groups excluding carboxylic acids is 1. The Hall–Kier alpha value is -2.78. The molecule has 2 N–H and O–H groups in total. The Morgan fingerprint density at radius 2 is 1.96 bits per heavy atom. The van der Waals surface area contributed by atoms with E-state index in [0.29, 0.717) is 17.0 Å². The maximum atomic E-state index is 12.3. The Morgan fingerprint density at radius 1 is 1.29 bits per heavy atom. The lowest BCUT2D eigenvalue weighted by Gasteiger charge is -2.22. The molecule has 150 valence electrons. The van der Waals surface area contributed by atoms with Crippen molar-refractivity contribution in [1.82, 2.24) is 5.43 Å². The van der Waals surface area contributed by atoms with Crippen LogP contribution in [-0.4, -0.2) is 45.1 Å². The van der Waals surface area contributed by atoms with Crippen molar-refractivity contribution in [2.24, 2.45) is 5.10 Å². The molecule has 0 saturated heterocycles. The van der Waals surface area contributed by atoms with Crippen molar-refractivity contribution in [2.75, 3.05) is 24.2 Å². The number of carbonyl (C=O) groups is 1. The highest BCUT2D eigenvalue weighted by Crippen LogP contribution is 2.30. The third-order valence-electron chi connectivity index (χ3n) is 3.75. The second-order valence-electron chi connectivity index (χ2n) is 5.84. The number of aromatic hydroxyl groups is 1. The Balaban J connectivity index is 2.19. The number of phenols is 1. The summed E-state index contributed by atoms with van der Waals surface area (Å²) in [5.41, 5.74) is 3.32. The van der Waals surface area contributed by atoms with E-state index in [1.165, 1.54) is 31.4 Å². The second kappa shape index (κ2) is 8.94. The summed E-state index contributed by atoms with van der Waals surface area (Å²) >= 11 is 6.05. The van der Waals surface area contributed by atoms with Gasteiger partial charge in [0.1, 0.15) is 18.0 Å². The first-order chi connectivity index (χ1) is 13.1.